The Morgan fingerprint density at radius 2 is 1.79 bits per heavy atom. The Hall–Kier alpha value is -1.78. The maximum Gasteiger partial charge on any atom is 0.354 e. The van der Waals surface area contributed by atoms with Gasteiger partial charge in [0, 0.05) is 10.6 Å². The number of benzene rings is 1. The van der Waals surface area contributed by atoms with E-state index in [0.717, 1.165) is 0 Å². The maximum atomic E-state index is 12.2. The Kier molecular flexibility index (Phi) is 3.93. The number of aromatic nitrogens is 1. The average Bonchev–Trinajstić information content (AvgIpc) is 2.89. The normalized spacial score (nSPS) is 10.3. The monoisotopic (exact) mass is 297 g/mol. The van der Waals surface area contributed by atoms with E-state index in [1.165, 1.54) is 25.3 Å². The molecule has 4 nitrogen and oxygen atoms in total. The van der Waals surface area contributed by atoms with Crippen LogP contribution in [0.1, 0.15) is 26.5 Å². The summed E-state index contributed by atoms with van der Waals surface area (Å²) in [5.41, 5.74) is 0.709. The van der Waals surface area contributed by atoms with Gasteiger partial charge in [-0.2, -0.15) is 0 Å². The van der Waals surface area contributed by atoms with E-state index in [0.29, 0.717) is 10.0 Å². The molecule has 0 fully saturated rings. The van der Waals surface area contributed by atoms with Crippen LogP contribution in [0.4, 0.5) is 0 Å². The van der Waals surface area contributed by atoms with Crippen LogP contribution in [-0.4, -0.2) is 23.8 Å². The lowest BCUT2D eigenvalue weighted by Crippen LogP contribution is -2.05. The zero-order chi connectivity index (χ0) is 14.0. The van der Waals surface area contributed by atoms with Crippen molar-refractivity contribution in [2.45, 2.75) is 0 Å². The van der Waals surface area contributed by atoms with Crippen molar-refractivity contribution in [1.29, 1.82) is 0 Å². The molecule has 1 N–H and O–H groups in total. The second-order valence-corrected chi connectivity index (χ2v) is 4.57. The van der Waals surface area contributed by atoms with Gasteiger partial charge in [-0.1, -0.05) is 23.2 Å². The van der Waals surface area contributed by atoms with Gasteiger partial charge in [0.1, 0.15) is 5.69 Å². The van der Waals surface area contributed by atoms with E-state index in [2.05, 4.69) is 9.72 Å². The number of hydrogen-bond acceptors (Lipinski definition) is 3. The van der Waals surface area contributed by atoms with Gasteiger partial charge >= 0.3 is 5.97 Å². The quantitative estimate of drug-likeness (QED) is 0.698. The van der Waals surface area contributed by atoms with Gasteiger partial charge in [-0.05, 0) is 30.3 Å². The minimum Gasteiger partial charge on any atom is -0.464 e. The highest BCUT2D eigenvalue weighted by molar-refractivity contribution is 6.36. The molecule has 0 spiro atoms. The first-order chi connectivity index (χ1) is 9.02. The van der Waals surface area contributed by atoms with Gasteiger partial charge in [0.25, 0.3) is 0 Å². The summed E-state index contributed by atoms with van der Waals surface area (Å²) in [5, 5.41) is 0.705. The Bertz CT molecular complexity index is 649. The van der Waals surface area contributed by atoms with Crippen molar-refractivity contribution in [3.8, 4) is 0 Å². The summed E-state index contributed by atoms with van der Waals surface area (Å²) in [6.07, 6.45) is 0. The van der Waals surface area contributed by atoms with Crippen LogP contribution in [0.5, 0.6) is 0 Å². The van der Waals surface area contributed by atoms with E-state index >= 15 is 0 Å². The summed E-state index contributed by atoms with van der Waals surface area (Å²) in [7, 11) is 1.26. The molecule has 0 aliphatic heterocycles. The lowest BCUT2D eigenvalue weighted by molar-refractivity contribution is 0.0595. The zero-order valence-electron chi connectivity index (χ0n) is 9.87. The summed E-state index contributed by atoms with van der Waals surface area (Å²) < 4.78 is 4.55. The predicted molar refractivity (Wildman–Crippen MR) is 72.0 cm³/mol. The smallest absolute Gasteiger partial charge is 0.354 e. The first kappa shape index (κ1) is 13.6. The fraction of sp³-hybridized carbons (Fsp3) is 0.0769. The van der Waals surface area contributed by atoms with Crippen LogP contribution >= 0.6 is 23.2 Å². The highest BCUT2D eigenvalue weighted by atomic mass is 35.5. The van der Waals surface area contributed by atoms with Gasteiger partial charge in [-0.15, -0.1) is 0 Å². The van der Waals surface area contributed by atoms with Gasteiger partial charge < -0.3 is 9.72 Å². The number of H-pyrrole nitrogens is 1. The van der Waals surface area contributed by atoms with Crippen molar-refractivity contribution in [2.24, 2.45) is 0 Å². The van der Waals surface area contributed by atoms with Gasteiger partial charge in [0.15, 0.2) is 0 Å². The molecule has 19 heavy (non-hydrogen) atoms. The Balaban J connectivity index is 2.36. The summed E-state index contributed by atoms with van der Waals surface area (Å²) in [4.78, 5) is 26.2. The van der Waals surface area contributed by atoms with E-state index < -0.39 is 5.97 Å². The van der Waals surface area contributed by atoms with Gasteiger partial charge in [-0.3, -0.25) is 4.79 Å². The molecule has 0 radical (unpaired) electrons. The molecule has 1 aromatic heterocycles. The maximum absolute atomic E-state index is 12.2. The van der Waals surface area contributed by atoms with E-state index in [4.69, 9.17) is 23.2 Å². The van der Waals surface area contributed by atoms with E-state index in [1.54, 1.807) is 12.1 Å². The van der Waals surface area contributed by atoms with E-state index in [9.17, 15) is 9.59 Å². The first-order valence-corrected chi connectivity index (χ1v) is 6.05. The second-order valence-electron chi connectivity index (χ2n) is 3.73. The molecule has 0 unspecified atom stereocenters. The van der Waals surface area contributed by atoms with Crippen LogP contribution in [0.15, 0.2) is 30.3 Å². The SMILES string of the molecule is COC(=O)c1ccc(C(=O)c2cc(Cl)ccc2Cl)[nH]1. The minimum atomic E-state index is -0.545. The number of carbonyl (C=O) groups is 2. The Labute approximate surface area is 119 Å². The standard InChI is InChI=1S/C13H9Cl2NO3/c1-19-13(18)11-5-4-10(16-11)12(17)8-6-7(14)2-3-9(8)15/h2-6,16H,1H3. The fourth-order valence-corrected chi connectivity index (χ4v) is 1.95. The topological polar surface area (TPSA) is 59.2 Å². The van der Waals surface area contributed by atoms with Crippen molar-refractivity contribution in [3.63, 3.8) is 0 Å². The Morgan fingerprint density at radius 1 is 1.11 bits per heavy atom. The van der Waals surface area contributed by atoms with Gasteiger partial charge in [-0.25, -0.2) is 4.79 Å². The third-order valence-corrected chi connectivity index (χ3v) is 3.07. The molecule has 98 valence electrons. The van der Waals surface area contributed by atoms with Crippen LogP contribution in [0.2, 0.25) is 10.0 Å². The first-order valence-electron chi connectivity index (χ1n) is 5.30. The van der Waals surface area contributed by atoms with Crippen LogP contribution < -0.4 is 0 Å². The third kappa shape index (κ3) is 2.80. The molecule has 2 aromatic rings. The van der Waals surface area contributed by atoms with Crippen molar-refractivity contribution in [2.75, 3.05) is 7.11 Å². The van der Waals surface area contributed by atoms with Crippen molar-refractivity contribution in [3.05, 3.63) is 57.3 Å². The lowest BCUT2D eigenvalue weighted by atomic mass is 10.1. The molecule has 6 heteroatoms. The highest BCUT2D eigenvalue weighted by Crippen LogP contribution is 2.23. The number of rotatable bonds is 3. The third-order valence-electron chi connectivity index (χ3n) is 2.51. The van der Waals surface area contributed by atoms with Gasteiger partial charge in [0.2, 0.25) is 5.78 Å². The van der Waals surface area contributed by atoms with Crippen molar-refractivity contribution >= 4 is 35.0 Å². The largest absolute Gasteiger partial charge is 0.464 e. The zero-order valence-corrected chi connectivity index (χ0v) is 11.4. The number of esters is 1. The fourth-order valence-electron chi connectivity index (χ4n) is 1.57. The van der Waals surface area contributed by atoms with Crippen LogP contribution in [0, 0.1) is 0 Å². The highest BCUT2D eigenvalue weighted by Gasteiger charge is 2.17. The summed E-state index contributed by atoms with van der Waals surface area (Å²) in [6, 6.07) is 7.57. The summed E-state index contributed by atoms with van der Waals surface area (Å²) in [6.45, 7) is 0. The molecular weight excluding hydrogens is 289 g/mol. The van der Waals surface area contributed by atoms with Crippen molar-refractivity contribution in [1.82, 2.24) is 4.98 Å². The van der Waals surface area contributed by atoms with Crippen molar-refractivity contribution < 1.29 is 14.3 Å². The number of aromatic amines is 1. The number of nitrogens with one attached hydrogen (secondary N) is 1. The lowest BCUT2D eigenvalue weighted by Gasteiger charge is -2.02. The van der Waals surface area contributed by atoms with Crippen LogP contribution in [0.25, 0.3) is 0 Å². The molecule has 0 amide bonds. The molecular formula is C13H9Cl2NO3. The molecule has 0 atom stereocenters. The number of halogens is 2. The molecule has 0 saturated carbocycles. The number of carbonyl (C=O) groups excluding carboxylic acids is 2. The molecule has 1 aromatic carbocycles. The molecule has 2 rings (SSSR count). The molecule has 0 aliphatic rings. The van der Waals surface area contributed by atoms with Gasteiger partial charge in [0.05, 0.1) is 17.8 Å². The summed E-state index contributed by atoms with van der Waals surface area (Å²) in [5.74, 6) is -0.890. The molecule has 0 aliphatic carbocycles. The number of ketones is 1. The van der Waals surface area contributed by atoms with E-state index in [1.807, 2.05) is 0 Å². The van der Waals surface area contributed by atoms with E-state index in [-0.39, 0.29) is 22.7 Å². The van der Waals surface area contributed by atoms with Crippen LogP contribution in [-0.2, 0) is 4.74 Å². The van der Waals surface area contributed by atoms with Crippen LogP contribution in [0.3, 0.4) is 0 Å². The second kappa shape index (κ2) is 5.47. The number of hydrogen-bond donors (Lipinski definition) is 1. The number of methoxy groups -OCH3 is 1. The minimum absolute atomic E-state index is 0.198. The molecule has 0 saturated heterocycles. The molecule has 0 bridgehead atoms. The number of ether oxygens (including phenoxy) is 1. The average molecular weight is 298 g/mol. The predicted octanol–water partition coefficient (Wildman–Crippen LogP) is 3.34. The molecule has 1 heterocycles. The Morgan fingerprint density at radius 3 is 2.47 bits per heavy atom. The summed E-state index contributed by atoms with van der Waals surface area (Å²) >= 11 is 11.8.